The second kappa shape index (κ2) is 4.05. The number of aryl methyl sites for hydroxylation is 1. The van der Waals surface area contributed by atoms with E-state index in [1.54, 1.807) is 24.1 Å². The molecule has 0 radical (unpaired) electrons. The fraction of sp³-hybridized carbons (Fsp3) is 0.100. The van der Waals surface area contributed by atoms with Gasteiger partial charge in [0, 0.05) is 24.8 Å². The number of rotatable bonds is 3. The Morgan fingerprint density at radius 3 is 2.84 bits per heavy atom. The van der Waals surface area contributed by atoms with Crippen LogP contribution in [0.5, 0.6) is 0 Å². The van der Waals surface area contributed by atoms with Gasteiger partial charge in [0.2, 0.25) is 0 Å². The van der Waals surface area contributed by atoms with Gasteiger partial charge < -0.3 is 0 Å². The van der Waals surface area contributed by atoms with E-state index in [-0.39, 0.29) is 4.90 Å². The summed E-state index contributed by atoms with van der Waals surface area (Å²) in [6.45, 7) is 0. The first kappa shape index (κ1) is 11.7. The maximum atomic E-state index is 12.1. The zero-order valence-corrected chi connectivity index (χ0v) is 10.7. The fourth-order valence-corrected chi connectivity index (χ4v) is 2.75. The van der Waals surface area contributed by atoms with Gasteiger partial charge in [0.1, 0.15) is 4.90 Å². The molecule has 0 fully saturated rings. The van der Waals surface area contributed by atoms with Gasteiger partial charge in [-0.05, 0) is 0 Å². The third kappa shape index (κ3) is 1.93. The summed E-state index contributed by atoms with van der Waals surface area (Å²) in [6, 6.07) is 0. The fourth-order valence-electron chi connectivity index (χ4n) is 1.80. The predicted octanol–water partition coefficient (Wildman–Crippen LogP) is 0.492. The highest BCUT2D eigenvalue weighted by atomic mass is 32.2. The summed E-state index contributed by atoms with van der Waals surface area (Å²) in [7, 11) is -1.95. The van der Waals surface area contributed by atoms with E-state index in [0.717, 1.165) is 5.39 Å². The summed E-state index contributed by atoms with van der Waals surface area (Å²) in [5, 5.41) is 10.9. The minimum absolute atomic E-state index is 0.0617. The molecule has 2 N–H and O–H groups in total. The van der Waals surface area contributed by atoms with Gasteiger partial charge >= 0.3 is 0 Å². The zero-order valence-electron chi connectivity index (χ0n) is 9.90. The van der Waals surface area contributed by atoms with E-state index in [1.807, 2.05) is 0 Å². The van der Waals surface area contributed by atoms with Gasteiger partial charge in [0.25, 0.3) is 10.0 Å². The van der Waals surface area contributed by atoms with Gasteiger partial charge in [0.05, 0.1) is 29.8 Å². The average molecular weight is 278 g/mol. The van der Waals surface area contributed by atoms with Gasteiger partial charge in [-0.1, -0.05) is 0 Å². The smallest absolute Gasteiger partial charge is 0.265 e. The summed E-state index contributed by atoms with van der Waals surface area (Å²) in [4.78, 5) is 4.05. The molecule has 0 aliphatic carbocycles. The van der Waals surface area contributed by atoms with Crippen molar-refractivity contribution in [2.75, 3.05) is 4.72 Å². The molecule has 0 amide bonds. The molecule has 98 valence electrons. The zero-order chi connectivity index (χ0) is 13.5. The molecule has 0 saturated heterocycles. The molecule has 3 rings (SSSR count). The van der Waals surface area contributed by atoms with Crippen molar-refractivity contribution in [3.05, 3.63) is 31.0 Å². The van der Waals surface area contributed by atoms with Crippen molar-refractivity contribution in [1.29, 1.82) is 0 Å². The summed E-state index contributed by atoms with van der Waals surface area (Å²) in [6.07, 6.45) is 7.23. The molecule has 19 heavy (non-hydrogen) atoms. The monoisotopic (exact) mass is 278 g/mol. The van der Waals surface area contributed by atoms with Crippen LogP contribution in [0.25, 0.3) is 10.9 Å². The van der Waals surface area contributed by atoms with Crippen LogP contribution >= 0.6 is 0 Å². The highest BCUT2D eigenvalue weighted by molar-refractivity contribution is 7.92. The molecule has 8 nitrogen and oxygen atoms in total. The molecule has 0 bridgehead atoms. The van der Waals surface area contributed by atoms with Gasteiger partial charge in [-0.15, -0.1) is 0 Å². The van der Waals surface area contributed by atoms with E-state index in [2.05, 4.69) is 25.0 Å². The normalized spacial score (nSPS) is 11.8. The Hall–Kier alpha value is -2.42. The molecule has 0 spiro atoms. The lowest BCUT2D eigenvalue weighted by Gasteiger charge is -2.07. The third-order valence-corrected chi connectivity index (χ3v) is 4.00. The first-order valence-electron chi connectivity index (χ1n) is 5.35. The standard InChI is InChI=1S/C10H10N6O2S/c1-16-10-7(3-14-16)2-11-6-9(10)15-19(17,18)8-4-12-13-5-8/h2-6,15H,1H3,(H,12,13). The van der Waals surface area contributed by atoms with Gasteiger partial charge in [0.15, 0.2) is 0 Å². The molecule has 0 atom stereocenters. The summed E-state index contributed by atoms with van der Waals surface area (Å²) in [5.41, 5.74) is 1.04. The van der Waals surface area contributed by atoms with Gasteiger partial charge in [-0.3, -0.25) is 19.5 Å². The quantitative estimate of drug-likeness (QED) is 0.725. The molecule has 0 aromatic carbocycles. The van der Waals surface area contributed by atoms with Crippen LogP contribution in [0.3, 0.4) is 0 Å². The number of anilines is 1. The number of aromatic amines is 1. The van der Waals surface area contributed by atoms with Crippen molar-refractivity contribution in [2.45, 2.75) is 4.90 Å². The maximum Gasteiger partial charge on any atom is 0.265 e. The first-order valence-corrected chi connectivity index (χ1v) is 6.83. The number of sulfonamides is 1. The lowest BCUT2D eigenvalue weighted by molar-refractivity contribution is 0.601. The van der Waals surface area contributed by atoms with Crippen LogP contribution < -0.4 is 4.72 Å². The molecule has 9 heteroatoms. The van der Waals surface area contributed by atoms with Crippen LogP contribution in [-0.2, 0) is 17.1 Å². The highest BCUT2D eigenvalue weighted by Crippen LogP contribution is 2.23. The molecular formula is C10H10N6O2S. The second-order valence-electron chi connectivity index (χ2n) is 3.93. The molecule has 3 aromatic heterocycles. The lowest BCUT2D eigenvalue weighted by Crippen LogP contribution is -2.13. The molecule has 3 heterocycles. The molecule has 0 saturated carbocycles. The number of H-pyrrole nitrogens is 1. The molecule has 0 unspecified atom stereocenters. The summed E-state index contributed by atoms with van der Waals surface area (Å²) < 4.78 is 28.3. The maximum absolute atomic E-state index is 12.1. The van der Waals surface area contributed by atoms with Gasteiger partial charge in [-0.25, -0.2) is 8.42 Å². The Balaban J connectivity index is 2.09. The Labute approximate surface area is 108 Å². The summed E-state index contributed by atoms with van der Waals surface area (Å²) in [5.74, 6) is 0. The van der Waals surface area contributed by atoms with Crippen molar-refractivity contribution < 1.29 is 8.42 Å². The van der Waals surface area contributed by atoms with Crippen molar-refractivity contribution in [3.63, 3.8) is 0 Å². The van der Waals surface area contributed by atoms with Crippen molar-refractivity contribution in [1.82, 2.24) is 25.0 Å². The summed E-state index contributed by atoms with van der Waals surface area (Å²) >= 11 is 0. The highest BCUT2D eigenvalue weighted by Gasteiger charge is 2.18. The number of hydrogen-bond donors (Lipinski definition) is 2. The Kier molecular flexibility index (Phi) is 2.49. The molecule has 0 aliphatic rings. The second-order valence-corrected chi connectivity index (χ2v) is 5.61. The minimum Gasteiger partial charge on any atom is -0.284 e. The van der Waals surface area contributed by atoms with Crippen LogP contribution in [0.4, 0.5) is 5.69 Å². The number of nitrogens with one attached hydrogen (secondary N) is 2. The average Bonchev–Trinajstić information content (AvgIpc) is 2.99. The number of fused-ring (bicyclic) bond motifs is 1. The van der Waals surface area contributed by atoms with E-state index < -0.39 is 10.0 Å². The lowest BCUT2D eigenvalue weighted by atomic mass is 10.3. The van der Waals surface area contributed by atoms with Crippen LogP contribution in [0.2, 0.25) is 0 Å². The van der Waals surface area contributed by atoms with E-state index >= 15 is 0 Å². The van der Waals surface area contributed by atoms with Crippen LogP contribution in [0, 0.1) is 0 Å². The van der Waals surface area contributed by atoms with Crippen LogP contribution in [0.15, 0.2) is 35.9 Å². The number of hydrogen-bond acceptors (Lipinski definition) is 5. The van der Waals surface area contributed by atoms with E-state index in [4.69, 9.17) is 0 Å². The van der Waals surface area contributed by atoms with Crippen molar-refractivity contribution in [2.24, 2.45) is 7.05 Å². The molecule has 0 aliphatic heterocycles. The van der Waals surface area contributed by atoms with Crippen molar-refractivity contribution in [3.8, 4) is 0 Å². The first-order chi connectivity index (χ1) is 9.08. The van der Waals surface area contributed by atoms with Gasteiger partial charge in [-0.2, -0.15) is 10.2 Å². The number of pyridine rings is 1. The van der Waals surface area contributed by atoms with E-state index in [1.165, 1.54) is 18.6 Å². The minimum atomic E-state index is -3.68. The SMILES string of the molecule is Cn1ncc2cncc(NS(=O)(=O)c3cn[nH]c3)c21. The largest absolute Gasteiger partial charge is 0.284 e. The van der Waals surface area contributed by atoms with Crippen LogP contribution in [-0.4, -0.2) is 33.4 Å². The van der Waals surface area contributed by atoms with Crippen LogP contribution in [0.1, 0.15) is 0 Å². The topological polar surface area (TPSA) is 106 Å². The molecule has 3 aromatic rings. The van der Waals surface area contributed by atoms with E-state index in [9.17, 15) is 8.42 Å². The Morgan fingerprint density at radius 1 is 1.26 bits per heavy atom. The third-order valence-electron chi connectivity index (χ3n) is 2.67. The Morgan fingerprint density at radius 2 is 2.11 bits per heavy atom. The predicted molar refractivity (Wildman–Crippen MR) is 67.9 cm³/mol. The van der Waals surface area contributed by atoms with E-state index in [0.29, 0.717) is 11.2 Å². The number of nitrogens with zero attached hydrogens (tertiary/aromatic N) is 4. The van der Waals surface area contributed by atoms with Crippen molar-refractivity contribution >= 4 is 26.6 Å². The Bertz CT molecular complexity index is 821. The molecular weight excluding hydrogens is 268 g/mol. The number of aromatic nitrogens is 5.